The molecule has 0 radical (unpaired) electrons. The molecule has 0 aliphatic rings. The molecule has 0 heterocycles. The van der Waals surface area contributed by atoms with E-state index in [4.69, 9.17) is 10.5 Å². The largest absolute Gasteiger partial charge is 0.494 e. The molecule has 1 rings (SSSR count). The number of anilines is 2. The zero-order valence-electron chi connectivity index (χ0n) is 10.1. The Morgan fingerprint density at radius 1 is 1.38 bits per heavy atom. The molecule has 0 unspecified atom stereocenters. The number of benzene rings is 1. The molecule has 0 spiro atoms. The number of carbonyl (C=O) groups excluding carboxylic acids is 1. The Labute approximate surface area is 95.8 Å². The van der Waals surface area contributed by atoms with Crippen LogP contribution in [0.15, 0.2) is 18.2 Å². The van der Waals surface area contributed by atoms with Crippen molar-refractivity contribution >= 4 is 17.3 Å². The van der Waals surface area contributed by atoms with Crippen molar-refractivity contribution in [3.8, 4) is 5.75 Å². The van der Waals surface area contributed by atoms with Crippen molar-refractivity contribution in [1.29, 1.82) is 0 Å². The molecule has 0 saturated heterocycles. The molecule has 4 nitrogen and oxygen atoms in total. The van der Waals surface area contributed by atoms with Gasteiger partial charge in [0.15, 0.2) is 0 Å². The minimum atomic E-state index is -0.438. The van der Waals surface area contributed by atoms with Crippen molar-refractivity contribution < 1.29 is 9.53 Å². The highest BCUT2D eigenvalue weighted by molar-refractivity contribution is 5.96. The highest BCUT2D eigenvalue weighted by Crippen LogP contribution is 2.28. The summed E-state index contributed by atoms with van der Waals surface area (Å²) in [4.78, 5) is 11.8. The van der Waals surface area contributed by atoms with Crippen LogP contribution in [-0.4, -0.2) is 13.0 Å². The van der Waals surface area contributed by atoms with E-state index in [1.54, 1.807) is 25.3 Å². The number of hydrogen-bond acceptors (Lipinski definition) is 3. The summed E-state index contributed by atoms with van der Waals surface area (Å²) in [6, 6.07) is 5.14. The summed E-state index contributed by atoms with van der Waals surface area (Å²) in [5.74, 6) is 0.508. The first-order valence-corrected chi connectivity index (χ1v) is 5.09. The quantitative estimate of drug-likeness (QED) is 0.754. The van der Waals surface area contributed by atoms with Crippen LogP contribution in [-0.2, 0) is 4.79 Å². The number of hydrogen-bond donors (Lipinski definition) is 2. The molecule has 0 aliphatic heterocycles. The Bertz CT molecular complexity index is 394. The number of rotatable bonds is 2. The zero-order valence-corrected chi connectivity index (χ0v) is 10.1. The predicted octanol–water partition coefficient (Wildman–Crippen LogP) is 2.26. The molecule has 0 bridgehead atoms. The lowest BCUT2D eigenvalue weighted by atomic mass is 9.95. The normalized spacial score (nSPS) is 11.0. The van der Waals surface area contributed by atoms with Gasteiger partial charge in [0.2, 0.25) is 5.91 Å². The molecule has 1 aromatic carbocycles. The van der Waals surface area contributed by atoms with Gasteiger partial charge in [-0.15, -0.1) is 0 Å². The van der Waals surface area contributed by atoms with Crippen molar-refractivity contribution in [2.75, 3.05) is 18.2 Å². The van der Waals surface area contributed by atoms with Crippen molar-refractivity contribution in [1.82, 2.24) is 0 Å². The van der Waals surface area contributed by atoms with Gasteiger partial charge in [0.25, 0.3) is 0 Å². The number of amides is 1. The smallest absolute Gasteiger partial charge is 0.229 e. The molecular formula is C12H18N2O2. The monoisotopic (exact) mass is 222 g/mol. The van der Waals surface area contributed by atoms with E-state index in [0.717, 1.165) is 0 Å². The van der Waals surface area contributed by atoms with Gasteiger partial charge in [-0.3, -0.25) is 4.79 Å². The predicted molar refractivity (Wildman–Crippen MR) is 65.5 cm³/mol. The first kappa shape index (κ1) is 12.4. The van der Waals surface area contributed by atoms with Crippen molar-refractivity contribution in [2.24, 2.45) is 5.41 Å². The van der Waals surface area contributed by atoms with Crippen LogP contribution in [0.1, 0.15) is 20.8 Å². The fourth-order valence-corrected chi connectivity index (χ4v) is 1.12. The first-order chi connectivity index (χ1) is 7.34. The topological polar surface area (TPSA) is 64.3 Å². The summed E-state index contributed by atoms with van der Waals surface area (Å²) < 4.78 is 5.14. The van der Waals surface area contributed by atoms with Crippen LogP contribution in [0.4, 0.5) is 11.4 Å². The van der Waals surface area contributed by atoms with Gasteiger partial charge in [-0.05, 0) is 12.1 Å². The summed E-state index contributed by atoms with van der Waals surface area (Å²) in [6.45, 7) is 5.56. The summed E-state index contributed by atoms with van der Waals surface area (Å²) >= 11 is 0. The number of carbonyl (C=O) groups is 1. The summed E-state index contributed by atoms with van der Waals surface area (Å²) in [7, 11) is 1.54. The van der Waals surface area contributed by atoms with Gasteiger partial charge in [-0.25, -0.2) is 0 Å². The Balaban J connectivity index is 2.93. The van der Waals surface area contributed by atoms with Crippen molar-refractivity contribution in [3.05, 3.63) is 18.2 Å². The maximum absolute atomic E-state index is 11.8. The standard InChI is InChI=1S/C12H18N2O2/c1-12(2,3)11(15)14-9-6-5-8(13)7-10(9)16-4/h5-7H,13H2,1-4H3,(H,14,15). The Kier molecular flexibility index (Phi) is 3.42. The lowest BCUT2D eigenvalue weighted by Gasteiger charge is -2.19. The molecule has 4 heteroatoms. The van der Waals surface area contributed by atoms with E-state index in [9.17, 15) is 4.79 Å². The number of nitrogen functional groups attached to an aromatic ring is 1. The molecule has 0 fully saturated rings. The van der Waals surface area contributed by atoms with Crippen LogP contribution in [0.2, 0.25) is 0 Å². The molecule has 1 aromatic rings. The molecular weight excluding hydrogens is 204 g/mol. The fourth-order valence-electron chi connectivity index (χ4n) is 1.12. The second-order valence-corrected chi connectivity index (χ2v) is 4.66. The summed E-state index contributed by atoms with van der Waals surface area (Å²) in [5, 5.41) is 2.81. The van der Waals surface area contributed by atoms with Gasteiger partial charge < -0.3 is 15.8 Å². The SMILES string of the molecule is COc1cc(N)ccc1NC(=O)C(C)(C)C. The maximum Gasteiger partial charge on any atom is 0.229 e. The van der Waals surface area contributed by atoms with Crippen LogP contribution in [0, 0.1) is 5.41 Å². The van der Waals surface area contributed by atoms with Crippen LogP contribution in [0.25, 0.3) is 0 Å². The highest BCUT2D eigenvalue weighted by Gasteiger charge is 2.22. The Morgan fingerprint density at radius 3 is 2.50 bits per heavy atom. The van der Waals surface area contributed by atoms with Gasteiger partial charge in [0.1, 0.15) is 5.75 Å². The van der Waals surface area contributed by atoms with Gasteiger partial charge in [-0.1, -0.05) is 20.8 Å². The van der Waals surface area contributed by atoms with Crippen LogP contribution >= 0.6 is 0 Å². The van der Waals surface area contributed by atoms with E-state index < -0.39 is 5.41 Å². The molecule has 16 heavy (non-hydrogen) atoms. The van der Waals surface area contributed by atoms with E-state index in [1.165, 1.54) is 0 Å². The third-order valence-corrected chi connectivity index (χ3v) is 2.15. The van der Waals surface area contributed by atoms with Gasteiger partial charge in [0, 0.05) is 17.2 Å². The second-order valence-electron chi connectivity index (χ2n) is 4.66. The Morgan fingerprint density at radius 2 is 2.00 bits per heavy atom. The highest BCUT2D eigenvalue weighted by atomic mass is 16.5. The Hall–Kier alpha value is -1.71. The molecule has 88 valence electrons. The zero-order chi connectivity index (χ0) is 12.3. The van der Waals surface area contributed by atoms with E-state index in [-0.39, 0.29) is 5.91 Å². The summed E-state index contributed by atoms with van der Waals surface area (Å²) in [6.07, 6.45) is 0. The minimum Gasteiger partial charge on any atom is -0.494 e. The average molecular weight is 222 g/mol. The second kappa shape index (κ2) is 4.43. The van der Waals surface area contributed by atoms with E-state index in [2.05, 4.69) is 5.32 Å². The van der Waals surface area contributed by atoms with E-state index in [1.807, 2.05) is 20.8 Å². The molecule has 0 aliphatic carbocycles. The van der Waals surface area contributed by atoms with E-state index in [0.29, 0.717) is 17.1 Å². The van der Waals surface area contributed by atoms with Gasteiger partial charge in [0.05, 0.1) is 12.8 Å². The van der Waals surface area contributed by atoms with Gasteiger partial charge in [-0.2, -0.15) is 0 Å². The first-order valence-electron chi connectivity index (χ1n) is 5.09. The molecule has 0 saturated carbocycles. The molecule has 0 atom stereocenters. The molecule has 3 N–H and O–H groups in total. The lowest BCUT2D eigenvalue weighted by molar-refractivity contribution is -0.123. The number of nitrogens with one attached hydrogen (secondary N) is 1. The minimum absolute atomic E-state index is 0.0597. The number of methoxy groups -OCH3 is 1. The molecule has 1 amide bonds. The van der Waals surface area contributed by atoms with Crippen LogP contribution in [0.3, 0.4) is 0 Å². The third kappa shape index (κ3) is 2.89. The summed E-state index contributed by atoms with van der Waals surface area (Å²) in [5.41, 5.74) is 6.43. The van der Waals surface area contributed by atoms with Crippen molar-refractivity contribution in [3.63, 3.8) is 0 Å². The number of nitrogens with two attached hydrogens (primary N) is 1. The fraction of sp³-hybridized carbons (Fsp3) is 0.417. The maximum atomic E-state index is 11.8. The average Bonchev–Trinajstić information content (AvgIpc) is 2.19. The van der Waals surface area contributed by atoms with Crippen LogP contribution in [0.5, 0.6) is 5.75 Å². The van der Waals surface area contributed by atoms with Gasteiger partial charge >= 0.3 is 0 Å². The lowest BCUT2D eigenvalue weighted by Crippen LogP contribution is -2.27. The number of ether oxygens (including phenoxy) is 1. The van der Waals surface area contributed by atoms with E-state index >= 15 is 0 Å². The third-order valence-electron chi connectivity index (χ3n) is 2.15. The van der Waals surface area contributed by atoms with Crippen molar-refractivity contribution in [2.45, 2.75) is 20.8 Å². The molecule has 0 aromatic heterocycles. The van der Waals surface area contributed by atoms with Crippen LogP contribution < -0.4 is 15.8 Å².